The normalized spacial score (nSPS) is 25.5. The Balaban J connectivity index is 1.67. The van der Waals surface area contributed by atoms with Crippen molar-refractivity contribution in [2.45, 2.75) is 63.5 Å². The van der Waals surface area contributed by atoms with Gasteiger partial charge in [0.25, 0.3) is 0 Å². The monoisotopic (exact) mass is 236 g/mol. The molecular weight excluding hydrogens is 212 g/mol. The summed E-state index contributed by atoms with van der Waals surface area (Å²) in [6.45, 7) is 2.64. The molecule has 1 unspecified atom stereocenters. The van der Waals surface area contributed by atoms with E-state index in [4.69, 9.17) is 10.00 Å². The van der Waals surface area contributed by atoms with Crippen LogP contribution in [-0.4, -0.2) is 36.7 Å². The van der Waals surface area contributed by atoms with Crippen LogP contribution in [0, 0.1) is 11.3 Å². The summed E-state index contributed by atoms with van der Waals surface area (Å²) in [5.41, 5.74) is 0. The lowest BCUT2D eigenvalue weighted by atomic mass is 10.1. The molecule has 1 saturated heterocycles. The molecule has 3 nitrogen and oxygen atoms in total. The Labute approximate surface area is 105 Å². The molecule has 1 aliphatic heterocycles. The highest BCUT2D eigenvalue weighted by atomic mass is 16.5. The van der Waals surface area contributed by atoms with Crippen molar-refractivity contribution < 1.29 is 4.74 Å². The molecule has 1 saturated carbocycles. The second-order valence-corrected chi connectivity index (χ2v) is 5.34. The largest absolute Gasteiger partial charge is 0.378 e. The maximum Gasteiger partial charge on any atom is 0.0868 e. The van der Waals surface area contributed by atoms with E-state index < -0.39 is 0 Å². The van der Waals surface area contributed by atoms with Gasteiger partial charge in [-0.1, -0.05) is 12.8 Å². The van der Waals surface area contributed by atoms with E-state index in [0.29, 0.717) is 18.7 Å². The smallest absolute Gasteiger partial charge is 0.0868 e. The zero-order valence-electron chi connectivity index (χ0n) is 10.7. The standard InChI is InChI=1S/C14H24N2O/c15-9-11-16(13-5-1-2-6-13)10-3-7-14-8-4-12-17-14/h13-14H,1-8,10-12H2. The minimum atomic E-state index is 0.502. The first-order chi connectivity index (χ1) is 8.40. The van der Waals surface area contributed by atoms with Gasteiger partial charge in [-0.15, -0.1) is 0 Å². The molecule has 0 aromatic heterocycles. The van der Waals surface area contributed by atoms with Gasteiger partial charge in [0, 0.05) is 12.6 Å². The Morgan fingerprint density at radius 3 is 2.65 bits per heavy atom. The molecule has 0 spiro atoms. The van der Waals surface area contributed by atoms with Gasteiger partial charge in [0.15, 0.2) is 0 Å². The Morgan fingerprint density at radius 1 is 1.18 bits per heavy atom. The van der Waals surface area contributed by atoms with Crippen molar-refractivity contribution in [2.75, 3.05) is 19.7 Å². The van der Waals surface area contributed by atoms with Gasteiger partial charge in [-0.3, -0.25) is 4.90 Å². The topological polar surface area (TPSA) is 36.3 Å². The van der Waals surface area contributed by atoms with E-state index in [0.717, 1.165) is 13.2 Å². The van der Waals surface area contributed by atoms with Crippen LogP contribution in [0.5, 0.6) is 0 Å². The fraction of sp³-hybridized carbons (Fsp3) is 0.929. The number of hydrogen-bond donors (Lipinski definition) is 0. The van der Waals surface area contributed by atoms with Gasteiger partial charge in [-0.25, -0.2) is 0 Å². The molecule has 0 aromatic carbocycles. The van der Waals surface area contributed by atoms with Crippen LogP contribution in [0.2, 0.25) is 0 Å². The maximum atomic E-state index is 8.89. The van der Waals surface area contributed by atoms with Crippen molar-refractivity contribution in [3.05, 3.63) is 0 Å². The lowest BCUT2D eigenvalue weighted by molar-refractivity contribution is 0.0970. The molecule has 2 rings (SSSR count). The predicted octanol–water partition coefficient (Wildman–Crippen LogP) is 2.71. The quantitative estimate of drug-likeness (QED) is 0.665. The molecule has 2 fully saturated rings. The van der Waals surface area contributed by atoms with Crippen LogP contribution < -0.4 is 0 Å². The number of hydrogen-bond acceptors (Lipinski definition) is 3. The van der Waals surface area contributed by atoms with Gasteiger partial charge >= 0.3 is 0 Å². The number of nitrogens with zero attached hydrogens (tertiary/aromatic N) is 2. The van der Waals surface area contributed by atoms with Crippen LogP contribution in [0.15, 0.2) is 0 Å². The highest BCUT2D eigenvalue weighted by Crippen LogP contribution is 2.24. The van der Waals surface area contributed by atoms with E-state index in [2.05, 4.69) is 11.0 Å². The molecule has 0 radical (unpaired) electrons. The third-order valence-corrected chi connectivity index (χ3v) is 4.11. The first-order valence-corrected chi connectivity index (χ1v) is 7.13. The summed E-state index contributed by atoms with van der Waals surface area (Å²) in [5, 5.41) is 8.89. The molecule has 1 atom stereocenters. The molecule has 1 heterocycles. The first kappa shape index (κ1) is 12.9. The van der Waals surface area contributed by atoms with E-state index in [1.54, 1.807) is 0 Å². The molecule has 1 aliphatic carbocycles. The fourth-order valence-corrected chi connectivity index (χ4v) is 3.15. The van der Waals surface area contributed by atoms with Crippen molar-refractivity contribution >= 4 is 0 Å². The van der Waals surface area contributed by atoms with Crippen LogP contribution in [0.1, 0.15) is 51.4 Å². The summed E-state index contributed by atoms with van der Waals surface area (Å²) in [5.74, 6) is 0. The van der Waals surface area contributed by atoms with Crippen molar-refractivity contribution in [1.82, 2.24) is 4.90 Å². The van der Waals surface area contributed by atoms with Crippen molar-refractivity contribution in [2.24, 2.45) is 0 Å². The van der Waals surface area contributed by atoms with Crippen molar-refractivity contribution in [3.8, 4) is 6.07 Å². The highest BCUT2D eigenvalue weighted by Gasteiger charge is 2.22. The van der Waals surface area contributed by atoms with Crippen LogP contribution in [0.25, 0.3) is 0 Å². The van der Waals surface area contributed by atoms with Gasteiger partial charge in [0.2, 0.25) is 0 Å². The lowest BCUT2D eigenvalue weighted by Crippen LogP contribution is -2.34. The minimum Gasteiger partial charge on any atom is -0.378 e. The summed E-state index contributed by atoms with van der Waals surface area (Å²) >= 11 is 0. The lowest BCUT2D eigenvalue weighted by Gasteiger charge is -2.26. The highest BCUT2D eigenvalue weighted by molar-refractivity contribution is 4.84. The third kappa shape index (κ3) is 3.97. The van der Waals surface area contributed by atoms with Gasteiger partial charge in [-0.2, -0.15) is 5.26 Å². The molecule has 3 heteroatoms. The Bertz CT molecular complexity index is 249. The van der Waals surface area contributed by atoms with Gasteiger partial charge < -0.3 is 4.74 Å². The first-order valence-electron chi connectivity index (χ1n) is 7.13. The molecule has 17 heavy (non-hydrogen) atoms. The summed E-state index contributed by atoms with van der Waals surface area (Å²) in [4.78, 5) is 2.39. The SMILES string of the molecule is N#CCN(CCCC1CCCO1)C1CCCC1. The van der Waals surface area contributed by atoms with Crippen molar-refractivity contribution in [1.29, 1.82) is 5.26 Å². The van der Waals surface area contributed by atoms with E-state index in [1.165, 1.54) is 51.4 Å². The molecular formula is C14H24N2O. The number of nitriles is 1. The van der Waals surface area contributed by atoms with Crippen molar-refractivity contribution in [3.63, 3.8) is 0 Å². The average molecular weight is 236 g/mol. The van der Waals surface area contributed by atoms with Gasteiger partial charge in [-0.05, 0) is 45.1 Å². The van der Waals surface area contributed by atoms with Crippen LogP contribution in [0.4, 0.5) is 0 Å². The van der Waals surface area contributed by atoms with E-state index >= 15 is 0 Å². The molecule has 2 aliphatic rings. The zero-order chi connectivity index (χ0) is 11.9. The number of rotatable bonds is 6. The van der Waals surface area contributed by atoms with Crippen LogP contribution in [-0.2, 0) is 4.74 Å². The summed E-state index contributed by atoms with van der Waals surface area (Å²) in [6.07, 6.45) is 10.6. The summed E-state index contributed by atoms with van der Waals surface area (Å²) < 4.78 is 5.64. The zero-order valence-corrected chi connectivity index (χ0v) is 10.7. The summed E-state index contributed by atoms with van der Waals surface area (Å²) in [6, 6.07) is 3.00. The third-order valence-electron chi connectivity index (χ3n) is 4.11. The molecule has 0 aromatic rings. The van der Waals surface area contributed by atoms with E-state index in [-0.39, 0.29) is 0 Å². The molecule has 0 N–H and O–H groups in total. The Kier molecular flexibility index (Phi) is 5.28. The molecule has 0 amide bonds. The summed E-state index contributed by atoms with van der Waals surface area (Å²) in [7, 11) is 0. The second-order valence-electron chi connectivity index (χ2n) is 5.34. The van der Waals surface area contributed by atoms with E-state index in [1.807, 2.05) is 0 Å². The van der Waals surface area contributed by atoms with Gasteiger partial charge in [0.1, 0.15) is 0 Å². The molecule has 96 valence electrons. The second kappa shape index (κ2) is 6.98. The van der Waals surface area contributed by atoms with Gasteiger partial charge in [0.05, 0.1) is 18.7 Å². The van der Waals surface area contributed by atoms with Crippen LogP contribution >= 0.6 is 0 Å². The number of ether oxygens (including phenoxy) is 1. The minimum absolute atomic E-state index is 0.502. The molecule has 0 bridgehead atoms. The average Bonchev–Trinajstić information content (AvgIpc) is 3.01. The predicted molar refractivity (Wildman–Crippen MR) is 67.7 cm³/mol. The Hall–Kier alpha value is -0.590. The Morgan fingerprint density at radius 2 is 2.00 bits per heavy atom. The fourth-order valence-electron chi connectivity index (χ4n) is 3.15. The van der Waals surface area contributed by atoms with Crippen LogP contribution in [0.3, 0.4) is 0 Å². The maximum absolute atomic E-state index is 8.89. The van der Waals surface area contributed by atoms with E-state index in [9.17, 15) is 0 Å².